The Morgan fingerprint density at radius 3 is 2.70 bits per heavy atom. The average Bonchev–Trinajstić information content (AvgIpc) is 3.13. The molecule has 2 atom stereocenters. The second-order valence-electron chi connectivity index (χ2n) is 5.28. The largest absolute Gasteiger partial charge is 0.311 e. The summed E-state index contributed by atoms with van der Waals surface area (Å²) in [5.74, 6) is 1.26. The van der Waals surface area contributed by atoms with Gasteiger partial charge in [-0.25, -0.2) is 0 Å². The molecule has 4 nitrogen and oxygen atoms in total. The summed E-state index contributed by atoms with van der Waals surface area (Å²) in [6, 6.07) is 10.1. The quantitative estimate of drug-likeness (QED) is 0.937. The molecule has 0 saturated heterocycles. The van der Waals surface area contributed by atoms with Crippen molar-refractivity contribution in [2.24, 2.45) is 13.0 Å². The molecule has 1 aromatic carbocycles. The van der Waals surface area contributed by atoms with Crippen molar-refractivity contribution in [2.45, 2.75) is 19.3 Å². The summed E-state index contributed by atoms with van der Waals surface area (Å²) >= 11 is 3.42. The van der Waals surface area contributed by atoms with Gasteiger partial charge in [-0.2, -0.15) is 5.10 Å². The first kappa shape index (κ1) is 13.4. The second kappa shape index (κ2) is 5.05. The number of aromatic nitrogens is 2. The third kappa shape index (κ3) is 2.63. The van der Waals surface area contributed by atoms with E-state index in [1.165, 1.54) is 5.56 Å². The van der Waals surface area contributed by atoms with Crippen molar-refractivity contribution in [1.82, 2.24) is 9.78 Å². The molecule has 20 heavy (non-hydrogen) atoms. The lowest BCUT2D eigenvalue weighted by atomic mass is 10.1. The Balaban J connectivity index is 1.65. The molecule has 5 heteroatoms. The molecule has 1 fully saturated rings. The van der Waals surface area contributed by atoms with Gasteiger partial charge in [0.15, 0.2) is 0 Å². The van der Waals surface area contributed by atoms with Crippen molar-refractivity contribution < 1.29 is 4.79 Å². The number of rotatable bonds is 3. The Bertz CT molecular complexity index is 648. The van der Waals surface area contributed by atoms with Crippen molar-refractivity contribution in [3.05, 3.63) is 46.1 Å². The molecule has 0 unspecified atom stereocenters. The van der Waals surface area contributed by atoms with E-state index in [2.05, 4.69) is 38.5 Å². The highest BCUT2D eigenvalue weighted by atomic mass is 79.9. The average molecular weight is 334 g/mol. The molecular formula is C15H16BrN3O. The third-order valence-electron chi connectivity index (χ3n) is 3.68. The van der Waals surface area contributed by atoms with Gasteiger partial charge in [-0.3, -0.25) is 9.48 Å². The fourth-order valence-electron chi connectivity index (χ4n) is 2.51. The molecule has 2 aromatic rings. The zero-order valence-electron chi connectivity index (χ0n) is 11.4. The summed E-state index contributed by atoms with van der Waals surface area (Å²) in [5, 5.41) is 7.18. The summed E-state index contributed by atoms with van der Waals surface area (Å²) in [7, 11) is 1.84. The van der Waals surface area contributed by atoms with Gasteiger partial charge < -0.3 is 5.32 Å². The fourth-order valence-corrected chi connectivity index (χ4v) is 2.77. The monoisotopic (exact) mass is 333 g/mol. The Morgan fingerprint density at radius 2 is 2.10 bits per heavy atom. The first-order valence-electron chi connectivity index (χ1n) is 6.61. The summed E-state index contributed by atoms with van der Waals surface area (Å²) in [4.78, 5) is 12.2. The van der Waals surface area contributed by atoms with Crippen LogP contribution in [0.4, 0.5) is 5.82 Å². The summed E-state index contributed by atoms with van der Waals surface area (Å²) in [6.07, 6.45) is 0.921. The summed E-state index contributed by atoms with van der Waals surface area (Å²) < 4.78 is 2.76. The zero-order valence-corrected chi connectivity index (χ0v) is 13.0. The lowest BCUT2D eigenvalue weighted by Gasteiger charge is -2.05. The van der Waals surface area contributed by atoms with E-state index in [4.69, 9.17) is 0 Å². The van der Waals surface area contributed by atoms with Crippen LogP contribution in [-0.2, 0) is 11.8 Å². The number of anilines is 1. The van der Waals surface area contributed by atoms with Gasteiger partial charge in [-0.1, -0.05) is 28.1 Å². The SMILES string of the molecule is Cc1cc(NC(=O)[C@@H]2C[C@@H]2c2ccc(Br)cc2)n(C)n1. The van der Waals surface area contributed by atoms with Crippen LogP contribution in [0.3, 0.4) is 0 Å². The van der Waals surface area contributed by atoms with Gasteiger partial charge in [0.05, 0.1) is 5.69 Å². The van der Waals surface area contributed by atoms with Gasteiger partial charge in [0.1, 0.15) is 5.82 Å². The van der Waals surface area contributed by atoms with Crippen LogP contribution in [0.1, 0.15) is 23.6 Å². The number of nitrogens with zero attached hydrogens (tertiary/aromatic N) is 2. The van der Waals surface area contributed by atoms with E-state index in [9.17, 15) is 4.79 Å². The smallest absolute Gasteiger partial charge is 0.229 e. The van der Waals surface area contributed by atoms with E-state index in [1.54, 1.807) is 4.68 Å². The van der Waals surface area contributed by atoms with Crippen LogP contribution < -0.4 is 5.32 Å². The second-order valence-corrected chi connectivity index (χ2v) is 6.20. The zero-order chi connectivity index (χ0) is 14.3. The number of amides is 1. The number of nitrogens with one attached hydrogen (secondary N) is 1. The van der Waals surface area contributed by atoms with Crippen molar-refractivity contribution in [2.75, 3.05) is 5.32 Å². The summed E-state index contributed by atoms with van der Waals surface area (Å²) in [5.41, 5.74) is 2.14. The highest BCUT2D eigenvalue weighted by Crippen LogP contribution is 2.48. The first-order valence-corrected chi connectivity index (χ1v) is 7.41. The molecule has 0 bridgehead atoms. The van der Waals surface area contributed by atoms with Crippen molar-refractivity contribution in [3.63, 3.8) is 0 Å². The highest BCUT2D eigenvalue weighted by molar-refractivity contribution is 9.10. The molecule has 1 heterocycles. The minimum Gasteiger partial charge on any atom is -0.311 e. The van der Waals surface area contributed by atoms with Crippen LogP contribution >= 0.6 is 15.9 Å². The number of carbonyl (C=O) groups excluding carboxylic acids is 1. The topological polar surface area (TPSA) is 46.9 Å². The number of halogens is 1. The van der Waals surface area contributed by atoms with E-state index in [0.29, 0.717) is 5.92 Å². The molecule has 104 valence electrons. The molecule has 0 aliphatic heterocycles. The van der Waals surface area contributed by atoms with Crippen LogP contribution in [0.2, 0.25) is 0 Å². The number of carbonyl (C=O) groups is 1. The minimum absolute atomic E-state index is 0.0754. The van der Waals surface area contributed by atoms with Crippen molar-refractivity contribution >= 4 is 27.7 Å². The number of aryl methyl sites for hydroxylation is 2. The van der Waals surface area contributed by atoms with E-state index >= 15 is 0 Å². The normalized spacial score (nSPS) is 20.8. The van der Waals surface area contributed by atoms with E-state index < -0.39 is 0 Å². The van der Waals surface area contributed by atoms with E-state index in [-0.39, 0.29) is 11.8 Å². The lowest BCUT2D eigenvalue weighted by molar-refractivity contribution is -0.117. The predicted octanol–water partition coefficient (Wildman–Crippen LogP) is 3.23. The molecular weight excluding hydrogens is 318 g/mol. The Labute approximate surface area is 126 Å². The van der Waals surface area contributed by atoms with Crippen LogP contribution in [-0.4, -0.2) is 15.7 Å². The molecule has 3 rings (SSSR count). The number of hydrogen-bond acceptors (Lipinski definition) is 2. The highest BCUT2D eigenvalue weighted by Gasteiger charge is 2.44. The minimum atomic E-state index is 0.0754. The maximum Gasteiger partial charge on any atom is 0.229 e. The number of benzene rings is 1. The van der Waals surface area contributed by atoms with Gasteiger partial charge in [0, 0.05) is 23.5 Å². The lowest BCUT2D eigenvalue weighted by Crippen LogP contribution is -2.16. The van der Waals surface area contributed by atoms with Crippen LogP contribution in [0.25, 0.3) is 0 Å². The molecule has 1 amide bonds. The molecule has 1 aliphatic carbocycles. The molecule has 1 aliphatic rings. The Hall–Kier alpha value is -1.62. The first-order chi connectivity index (χ1) is 9.54. The van der Waals surface area contributed by atoms with Gasteiger partial charge in [-0.05, 0) is 37.0 Å². The molecule has 1 N–H and O–H groups in total. The fraction of sp³-hybridized carbons (Fsp3) is 0.333. The molecule has 1 saturated carbocycles. The standard InChI is InChI=1S/C15H16BrN3O/c1-9-7-14(19(2)18-9)17-15(20)13-8-12(13)10-3-5-11(16)6-4-10/h3-7,12-13H,8H2,1-2H3,(H,17,20)/t12-,13-/m1/s1. The van der Waals surface area contributed by atoms with Crippen LogP contribution in [0.15, 0.2) is 34.8 Å². The number of hydrogen-bond donors (Lipinski definition) is 1. The predicted molar refractivity (Wildman–Crippen MR) is 81.6 cm³/mol. The molecule has 0 radical (unpaired) electrons. The van der Waals surface area contributed by atoms with Gasteiger partial charge in [-0.15, -0.1) is 0 Å². The van der Waals surface area contributed by atoms with Gasteiger partial charge >= 0.3 is 0 Å². The van der Waals surface area contributed by atoms with E-state index in [0.717, 1.165) is 22.4 Å². The van der Waals surface area contributed by atoms with Crippen molar-refractivity contribution in [1.29, 1.82) is 0 Å². The van der Waals surface area contributed by atoms with Crippen molar-refractivity contribution in [3.8, 4) is 0 Å². The maximum atomic E-state index is 12.2. The Kier molecular flexibility index (Phi) is 3.38. The van der Waals surface area contributed by atoms with E-state index in [1.807, 2.05) is 32.2 Å². The van der Waals surface area contributed by atoms with Crippen LogP contribution in [0.5, 0.6) is 0 Å². The van der Waals surface area contributed by atoms with Gasteiger partial charge in [0.2, 0.25) is 5.91 Å². The van der Waals surface area contributed by atoms with Crippen LogP contribution in [0, 0.1) is 12.8 Å². The summed E-state index contributed by atoms with van der Waals surface area (Å²) in [6.45, 7) is 1.91. The molecule has 0 spiro atoms. The Morgan fingerprint density at radius 1 is 1.40 bits per heavy atom. The molecule has 1 aromatic heterocycles. The van der Waals surface area contributed by atoms with Gasteiger partial charge in [0.25, 0.3) is 0 Å². The third-order valence-corrected chi connectivity index (χ3v) is 4.21. The maximum absolute atomic E-state index is 12.2.